The summed E-state index contributed by atoms with van der Waals surface area (Å²) in [6.07, 6.45) is -0.736. The first-order valence-electron chi connectivity index (χ1n) is 11.3. The third-order valence-electron chi connectivity index (χ3n) is 4.38. The predicted octanol–water partition coefficient (Wildman–Crippen LogP) is 6.57. The van der Waals surface area contributed by atoms with E-state index in [1.165, 1.54) is 0 Å². The lowest BCUT2D eigenvalue weighted by atomic mass is 10.2. The molecule has 0 amide bonds. The molecule has 0 saturated heterocycles. The number of aliphatic hydroxyl groups is 1. The second-order valence-corrected chi connectivity index (χ2v) is 11.8. The molecule has 0 aliphatic heterocycles. The Balaban J connectivity index is 1.81. The third-order valence-corrected chi connectivity index (χ3v) is 6.61. The van der Waals surface area contributed by atoms with Crippen molar-refractivity contribution >= 4 is 17.1 Å². The second kappa shape index (κ2) is 11.2. The summed E-state index contributed by atoms with van der Waals surface area (Å²) in [5.74, 6) is 0.916. The van der Waals surface area contributed by atoms with Crippen molar-refractivity contribution in [2.75, 3.05) is 0 Å². The third kappa shape index (κ3) is 8.62. The van der Waals surface area contributed by atoms with Crippen LogP contribution >= 0.6 is 0 Å². The summed E-state index contributed by atoms with van der Waals surface area (Å²) in [5.41, 5.74) is -1.15. The smallest absolute Gasteiger partial charge is 0.441 e. The summed E-state index contributed by atoms with van der Waals surface area (Å²) in [4.78, 5) is 15.2. The fourth-order valence-corrected chi connectivity index (χ4v) is 5.14. The average molecular weight is 498 g/mol. The number of hydrogen-bond acceptors (Lipinski definition) is 6. The van der Waals surface area contributed by atoms with Gasteiger partial charge >= 0.3 is 12.6 Å². The lowest BCUT2D eigenvalue weighted by molar-refractivity contribution is -0.259. The van der Waals surface area contributed by atoms with E-state index < -0.39 is 34.7 Å². The van der Waals surface area contributed by atoms with Gasteiger partial charge in [0, 0.05) is 0 Å². The molecule has 3 rings (SSSR count). The van der Waals surface area contributed by atoms with Crippen molar-refractivity contribution in [1.29, 1.82) is 0 Å². The van der Waals surface area contributed by atoms with Gasteiger partial charge in [-0.2, -0.15) is 0 Å². The Morgan fingerprint density at radius 1 is 0.714 bits per heavy atom. The van der Waals surface area contributed by atoms with Gasteiger partial charge < -0.3 is 24.1 Å². The summed E-state index contributed by atoms with van der Waals surface area (Å²) >= 11 is 0. The van der Waals surface area contributed by atoms with Gasteiger partial charge in [-0.15, -0.1) is 0 Å². The summed E-state index contributed by atoms with van der Waals surface area (Å²) in [6.45, 7) is 9.55. The van der Waals surface area contributed by atoms with E-state index in [9.17, 15) is 9.90 Å². The summed E-state index contributed by atoms with van der Waals surface area (Å²) in [5, 5.41) is 10.0. The Labute approximate surface area is 210 Å². The number of carbonyl (C=O) groups excluding carboxylic acids is 1. The van der Waals surface area contributed by atoms with E-state index in [4.69, 9.17) is 18.9 Å². The molecule has 6 nitrogen and oxygen atoms in total. The molecular formula is C28H33O6S+. The van der Waals surface area contributed by atoms with Crippen LogP contribution in [0.5, 0.6) is 11.5 Å². The molecule has 0 fully saturated rings. The molecule has 7 heteroatoms. The van der Waals surface area contributed by atoms with Gasteiger partial charge in [-0.1, -0.05) is 18.2 Å². The van der Waals surface area contributed by atoms with E-state index in [0.717, 1.165) is 14.7 Å². The van der Waals surface area contributed by atoms with Gasteiger partial charge in [0.2, 0.25) is 0 Å². The topological polar surface area (TPSA) is 74.2 Å². The summed E-state index contributed by atoms with van der Waals surface area (Å²) in [6, 6.07) is 25.2. The molecule has 35 heavy (non-hydrogen) atoms. The minimum atomic E-state index is -1.36. The van der Waals surface area contributed by atoms with Crippen LogP contribution in [0.25, 0.3) is 0 Å². The maximum absolute atomic E-state index is 12.0. The van der Waals surface area contributed by atoms with Crippen LogP contribution in [0.3, 0.4) is 0 Å². The molecule has 0 heterocycles. The molecule has 2 atom stereocenters. The molecule has 0 radical (unpaired) electrons. The molecule has 3 aromatic rings. The normalized spacial score (nSPS) is 13.6. The first kappa shape index (κ1) is 26.6. The highest BCUT2D eigenvalue weighted by Gasteiger charge is 2.29. The number of carbonyl (C=O) groups is 1. The van der Waals surface area contributed by atoms with Gasteiger partial charge in [-0.25, -0.2) is 4.79 Å². The van der Waals surface area contributed by atoms with Gasteiger partial charge in [0.25, 0.3) is 0 Å². The van der Waals surface area contributed by atoms with Crippen molar-refractivity contribution in [3.8, 4) is 11.5 Å². The fourth-order valence-electron chi connectivity index (χ4n) is 3.07. The lowest BCUT2D eigenvalue weighted by Crippen LogP contribution is -2.31. The molecule has 0 aliphatic carbocycles. The monoisotopic (exact) mass is 497 g/mol. The highest BCUT2D eigenvalue weighted by molar-refractivity contribution is 7.97. The Kier molecular flexibility index (Phi) is 8.48. The Bertz CT molecular complexity index is 1080. The van der Waals surface area contributed by atoms with Crippen LogP contribution in [0, 0.1) is 0 Å². The maximum Gasteiger partial charge on any atom is 0.514 e. The zero-order chi connectivity index (χ0) is 25.6. The van der Waals surface area contributed by atoms with Crippen LogP contribution in [0.2, 0.25) is 0 Å². The fraction of sp³-hybridized carbons (Fsp3) is 0.321. The second-order valence-electron chi connectivity index (χ2n) is 9.78. The largest absolute Gasteiger partial charge is 0.514 e. The van der Waals surface area contributed by atoms with E-state index in [2.05, 4.69) is 12.1 Å². The standard InChI is InChI=1S/C28H33O6S/c1-27(2,3)33-25(29)31-20-12-16-23(17-13-20)35(22-10-8-7-9-11-22)24-18-14-21(15-19-24)32-26(30)34-28(4,5)6/h7-19,25,29H,1-6H3/q+1. The number of aliphatic hydroxyl groups excluding tert-OH is 1. The first-order chi connectivity index (χ1) is 16.4. The summed E-state index contributed by atoms with van der Waals surface area (Å²) < 4.78 is 21.5. The van der Waals surface area contributed by atoms with Gasteiger partial charge in [0.15, 0.2) is 14.7 Å². The Morgan fingerprint density at radius 2 is 1.20 bits per heavy atom. The molecule has 1 N–H and O–H groups in total. The Hall–Kier alpha value is -3.00. The number of ether oxygens (including phenoxy) is 4. The molecule has 3 aromatic carbocycles. The van der Waals surface area contributed by atoms with E-state index in [0.29, 0.717) is 11.5 Å². The van der Waals surface area contributed by atoms with E-state index in [-0.39, 0.29) is 0 Å². The van der Waals surface area contributed by atoms with Crippen LogP contribution in [0.1, 0.15) is 41.5 Å². The van der Waals surface area contributed by atoms with E-state index in [1.54, 1.807) is 32.9 Å². The van der Waals surface area contributed by atoms with Gasteiger partial charge in [-0.3, -0.25) is 0 Å². The minimum Gasteiger partial charge on any atom is -0.441 e. The molecule has 2 unspecified atom stereocenters. The highest BCUT2D eigenvalue weighted by Crippen LogP contribution is 2.33. The zero-order valence-electron chi connectivity index (χ0n) is 21.0. The van der Waals surface area contributed by atoms with Crippen molar-refractivity contribution in [1.82, 2.24) is 0 Å². The average Bonchev–Trinajstić information content (AvgIpc) is 2.74. The lowest BCUT2D eigenvalue weighted by Gasteiger charge is -2.23. The molecule has 0 saturated carbocycles. The molecule has 0 aliphatic rings. The molecule has 186 valence electrons. The predicted molar refractivity (Wildman–Crippen MR) is 136 cm³/mol. The maximum atomic E-state index is 12.0. The minimum absolute atomic E-state index is 0.409. The van der Waals surface area contributed by atoms with Crippen molar-refractivity contribution in [3.05, 3.63) is 78.9 Å². The van der Waals surface area contributed by atoms with Crippen LogP contribution in [0.15, 0.2) is 93.5 Å². The highest BCUT2D eigenvalue weighted by atomic mass is 32.2. The number of benzene rings is 3. The van der Waals surface area contributed by atoms with Crippen LogP contribution < -0.4 is 9.47 Å². The number of hydrogen-bond donors (Lipinski definition) is 1. The van der Waals surface area contributed by atoms with E-state index in [1.807, 2.05) is 75.4 Å². The number of rotatable bonds is 7. The molecule has 0 bridgehead atoms. The summed E-state index contributed by atoms with van der Waals surface area (Å²) in [7, 11) is -0.409. The first-order valence-corrected chi connectivity index (χ1v) is 12.5. The Morgan fingerprint density at radius 3 is 1.69 bits per heavy atom. The van der Waals surface area contributed by atoms with Gasteiger partial charge in [0.05, 0.1) is 16.5 Å². The van der Waals surface area contributed by atoms with Gasteiger partial charge in [-0.05, 0) is 102 Å². The van der Waals surface area contributed by atoms with Crippen LogP contribution in [-0.2, 0) is 20.4 Å². The zero-order valence-corrected chi connectivity index (χ0v) is 21.8. The molecule has 0 aromatic heterocycles. The quantitative estimate of drug-likeness (QED) is 0.172. The van der Waals surface area contributed by atoms with Gasteiger partial charge in [0.1, 0.15) is 17.1 Å². The van der Waals surface area contributed by atoms with Crippen molar-refractivity contribution in [2.24, 2.45) is 0 Å². The van der Waals surface area contributed by atoms with Crippen LogP contribution in [-0.4, -0.2) is 28.9 Å². The van der Waals surface area contributed by atoms with Crippen LogP contribution in [0.4, 0.5) is 4.79 Å². The molecular weight excluding hydrogens is 464 g/mol. The molecule has 0 spiro atoms. The van der Waals surface area contributed by atoms with Crippen molar-refractivity contribution in [3.63, 3.8) is 0 Å². The van der Waals surface area contributed by atoms with E-state index >= 15 is 0 Å². The SMILES string of the molecule is CC(C)(C)OC(=O)Oc1ccc([S+](c2ccccc2)c2ccc(OC(O)OC(C)(C)C)cc2)cc1. The van der Waals surface area contributed by atoms with Crippen molar-refractivity contribution < 1.29 is 28.8 Å². The van der Waals surface area contributed by atoms with Crippen molar-refractivity contribution in [2.45, 2.75) is 73.9 Å².